The molecule has 0 aliphatic carbocycles. The van der Waals surface area contributed by atoms with Crippen LogP contribution < -0.4 is 5.43 Å². The van der Waals surface area contributed by atoms with Crippen molar-refractivity contribution in [1.29, 1.82) is 0 Å². The second-order valence-electron chi connectivity index (χ2n) is 6.78. The van der Waals surface area contributed by atoms with Crippen LogP contribution in [-0.4, -0.2) is 32.4 Å². The summed E-state index contributed by atoms with van der Waals surface area (Å²) in [6.45, 7) is 10.3. The van der Waals surface area contributed by atoms with Crippen LogP contribution in [0.5, 0.6) is 0 Å². The van der Waals surface area contributed by atoms with Gasteiger partial charge in [-0.15, -0.1) is 6.58 Å². The molecule has 2 aromatic heterocycles. The van der Waals surface area contributed by atoms with Gasteiger partial charge >= 0.3 is 0 Å². The van der Waals surface area contributed by atoms with Crippen molar-refractivity contribution in [3.05, 3.63) is 64.6 Å². The van der Waals surface area contributed by atoms with Crippen LogP contribution in [0.1, 0.15) is 42.7 Å². The Kier molecular flexibility index (Phi) is 5.07. The Balaban J connectivity index is 2.15. The second kappa shape index (κ2) is 7.28. The van der Waals surface area contributed by atoms with Crippen molar-refractivity contribution in [3.63, 3.8) is 0 Å². The van der Waals surface area contributed by atoms with Gasteiger partial charge in [0.05, 0.1) is 5.39 Å². The Bertz CT molecular complexity index is 942. The Hall–Kier alpha value is -2.69. The van der Waals surface area contributed by atoms with E-state index in [0.717, 1.165) is 12.1 Å². The lowest BCUT2D eigenvalue weighted by Gasteiger charge is -2.37. The molecule has 0 unspecified atom stereocenters. The number of pyridine rings is 2. The van der Waals surface area contributed by atoms with E-state index < -0.39 is 0 Å². The Labute approximate surface area is 153 Å². The molecule has 3 heterocycles. The van der Waals surface area contributed by atoms with Gasteiger partial charge in [-0.1, -0.05) is 18.2 Å². The van der Waals surface area contributed by atoms with Crippen LogP contribution >= 0.6 is 0 Å². The van der Waals surface area contributed by atoms with E-state index in [4.69, 9.17) is 0 Å². The fraction of sp³-hybridized carbons (Fsp3) is 0.381. The minimum absolute atomic E-state index is 0.0290. The molecular formula is C21H25N3O2. The van der Waals surface area contributed by atoms with Crippen LogP contribution in [0.15, 0.2) is 47.9 Å². The van der Waals surface area contributed by atoms with Gasteiger partial charge in [0, 0.05) is 30.5 Å². The molecule has 26 heavy (non-hydrogen) atoms. The second-order valence-corrected chi connectivity index (χ2v) is 6.78. The van der Waals surface area contributed by atoms with E-state index in [0.29, 0.717) is 24.0 Å². The van der Waals surface area contributed by atoms with Crippen molar-refractivity contribution < 1.29 is 4.79 Å². The van der Waals surface area contributed by atoms with Crippen molar-refractivity contribution in [1.82, 2.24) is 14.5 Å². The number of aromatic nitrogens is 2. The third kappa shape index (κ3) is 3.09. The van der Waals surface area contributed by atoms with Gasteiger partial charge in [-0.25, -0.2) is 4.98 Å². The molecular weight excluding hydrogens is 326 g/mol. The van der Waals surface area contributed by atoms with Gasteiger partial charge in [-0.2, -0.15) is 0 Å². The fourth-order valence-electron chi connectivity index (χ4n) is 3.62. The van der Waals surface area contributed by atoms with E-state index in [1.165, 1.54) is 0 Å². The van der Waals surface area contributed by atoms with E-state index in [2.05, 4.69) is 17.6 Å². The predicted octanol–water partition coefficient (Wildman–Crippen LogP) is 3.46. The number of carbonyl (C=O) groups is 1. The van der Waals surface area contributed by atoms with Gasteiger partial charge in [0.25, 0.3) is 5.91 Å². The lowest BCUT2D eigenvalue weighted by Crippen LogP contribution is -2.48. The third-order valence-corrected chi connectivity index (χ3v) is 4.96. The van der Waals surface area contributed by atoms with E-state index >= 15 is 0 Å². The van der Waals surface area contributed by atoms with Gasteiger partial charge in [0.2, 0.25) is 5.43 Å². The van der Waals surface area contributed by atoms with Crippen LogP contribution in [0.25, 0.3) is 11.0 Å². The van der Waals surface area contributed by atoms with Crippen LogP contribution in [0.4, 0.5) is 0 Å². The van der Waals surface area contributed by atoms with Crippen LogP contribution in [0.2, 0.25) is 0 Å². The molecule has 1 aliphatic heterocycles. The summed E-state index contributed by atoms with van der Waals surface area (Å²) >= 11 is 0. The standard InChI is InChI=1S/C21H25N3O2/c1-5-8-16-10-7-9-15(4)24(16)21(26)18-13-23(6-2)20-17(19(18)25)12-11-14(3)22-20/h5,7,9,11-13,15-16H,1,6,8,10H2,2-4H3/t15-,16-/m1/s1. The molecule has 136 valence electrons. The number of nitrogens with zero attached hydrogens (tertiary/aromatic N) is 3. The highest BCUT2D eigenvalue weighted by atomic mass is 16.2. The van der Waals surface area contributed by atoms with E-state index in [1.54, 1.807) is 12.3 Å². The monoisotopic (exact) mass is 351 g/mol. The van der Waals surface area contributed by atoms with Crippen LogP contribution in [0, 0.1) is 6.92 Å². The number of fused-ring (bicyclic) bond motifs is 1. The van der Waals surface area contributed by atoms with Crippen LogP contribution in [-0.2, 0) is 6.54 Å². The van der Waals surface area contributed by atoms with E-state index in [9.17, 15) is 9.59 Å². The molecule has 0 radical (unpaired) electrons. The van der Waals surface area contributed by atoms with Crippen molar-refractivity contribution >= 4 is 16.9 Å². The molecule has 2 aromatic rings. The van der Waals surface area contributed by atoms with Gasteiger partial charge in [0.1, 0.15) is 11.2 Å². The number of hydrogen-bond acceptors (Lipinski definition) is 3. The van der Waals surface area contributed by atoms with Gasteiger partial charge < -0.3 is 9.47 Å². The predicted molar refractivity (Wildman–Crippen MR) is 104 cm³/mol. The van der Waals surface area contributed by atoms with E-state index in [-0.39, 0.29) is 29.0 Å². The molecule has 0 bridgehead atoms. The Morgan fingerprint density at radius 2 is 2.19 bits per heavy atom. The molecule has 5 nitrogen and oxygen atoms in total. The van der Waals surface area contributed by atoms with Crippen molar-refractivity contribution in [2.75, 3.05) is 0 Å². The summed E-state index contributed by atoms with van der Waals surface area (Å²) in [5.74, 6) is -0.219. The fourth-order valence-corrected chi connectivity index (χ4v) is 3.62. The third-order valence-electron chi connectivity index (χ3n) is 4.96. The van der Waals surface area contributed by atoms with Crippen molar-refractivity contribution in [2.45, 2.75) is 52.2 Å². The smallest absolute Gasteiger partial charge is 0.260 e. The molecule has 0 spiro atoms. The van der Waals surface area contributed by atoms with Crippen LogP contribution in [0.3, 0.4) is 0 Å². The first-order valence-corrected chi connectivity index (χ1v) is 9.09. The minimum Gasteiger partial charge on any atom is -0.332 e. The van der Waals surface area contributed by atoms with Gasteiger partial charge in [-0.05, 0) is 45.7 Å². The van der Waals surface area contributed by atoms with Gasteiger partial charge in [0.15, 0.2) is 0 Å². The molecule has 0 aromatic carbocycles. The summed E-state index contributed by atoms with van der Waals surface area (Å²) in [6.07, 6.45) is 9.08. The zero-order chi connectivity index (χ0) is 18.8. The summed E-state index contributed by atoms with van der Waals surface area (Å²) in [7, 11) is 0. The molecule has 0 saturated heterocycles. The molecule has 0 fully saturated rings. The highest BCUT2D eigenvalue weighted by molar-refractivity contribution is 5.97. The summed E-state index contributed by atoms with van der Waals surface area (Å²) < 4.78 is 1.88. The normalized spacial score (nSPS) is 19.7. The first-order chi connectivity index (χ1) is 12.5. The molecule has 1 amide bonds. The zero-order valence-corrected chi connectivity index (χ0v) is 15.6. The molecule has 0 N–H and O–H groups in total. The first kappa shape index (κ1) is 18.1. The average molecular weight is 351 g/mol. The molecule has 0 saturated carbocycles. The SMILES string of the molecule is C=CC[C@@H]1CC=C[C@@H](C)N1C(=O)c1cn(CC)c2nc(C)ccc2c1=O. The lowest BCUT2D eigenvalue weighted by atomic mass is 9.99. The minimum atomic E-state index is -0.249. The summed E-state index contributed by atoms with van der Waals surface area (Å²) in [5.41, 5.74) is 1.44. The molecule has 1 aliphatic rings. The first-order valence-electron chi connectivity index (χ1n) is 9.09. The number of carbonyl (C=O) groups excluding carboxylic acids is 1. The maximum absolute atomic E-state index is 13.3. The number of hydrogen-bond donors (Lipinski definition) is 0. The summed E-state index contributed by atoms with van der Waals surface area (Å²) in [6, 6.07) is 3.55. The highest BCUT2D eigenvalue weighted by Crippen LogP contribution is 2.23. The van der Waals surface area contributed by atoms with Gasteiger partial charge in [-0.3, -0.25) is 9.59 Å². The molecule has 3 rings (SSSR count). The lowest BCUT2D eigenvalue weighted by molar-refractivity contribution is 0.0620. The Morgan fingerprint density at radius 3 is 2.88 bits per heavy atom. The molecule has 5 heteroatoms. The maximum atomic E-state index is 13.3. The van der Waals surface area contributed by atoms with E-state index in [1.807, 2.05) is 48.5 Å². The number of amides is 1. The number of aryl methyl sites for hydroxylation is 2. The Morgan fingerprint density at radius 1 is 1.42 bits per heavy atom. The van der Waals surface area contributed by atoms with Crippen molar-refractivity contribution in [2.24, 2.45) is 0 Å². The maximum Gasteiger partial charge on any atom is 0.260 e. The quantitative estimate of drug-likeness (QED) is 0.793. The zero-order valence-electron chi connectivity index (χ0n) is 15.6. The van der Waals surface area contributed by atoms with Crippen molar-refractivity contribution in [3.8, 4) is 0 Å². The largest absolute Gasteiger partial charge is 0.332 e. The summed E-state index contributed by atoms with van der Waals surface area (Å²) in [4.78, 5) is 32.6. The molecule has 2 atom stereocenters. The summed E-state index contributed by atoms with van der Waals surface area (Å²) in [5, 5.41) is 0.490. The highest BCUT2D eigenvalue weighted by Gasteiger charge is 2.31. The number of rotatable bonds is 4. The topological polar surface area (TPSA) is 55.2 Å². The average Bonchev–Trinajstić information content (AvgIpc) is 2.62.